The highest BCUT2D eigenvalue weighted by atomic mass is 35.5. The quantitative estimate of drug-likeness (QED) is 0.729. The van der Waals surface area contributed by atoms with Crippen molar-refractivity contribution >= 4 is 46.4 Å². The van der Waals surface area contributed by atoms with Crippen LogP contribution in [-0.2, 0) is 0 Å². The zero-order valence-electron chi connectivity index (χ0n) is 15.8. The molecule has 144 valence electrons. The minimum atomic E-state index is -0.372. The monoisotopic (exact) mass is 407 g/mol. The molecule has 2 aromatic carbocycles. The Morgan fingerprint density at radius 1 is 1.00 bits per heavy atom. The van der Waals surface area contributed by atoms with Crippen molar-refractivity contribution in [2.24, 2.45) is 5.92 Å². The van der Waals surface area contributed by atoms with Gasteiger partial charge in [-0.25, -0.2) is 0 Å². The molecule has 0 bridgehead atoms. The maximum absolute atomic E-state index is 12.6. The Bertz CT molecular complexity index is 851. The second-order valence-electron chi connectivity index (χ2n) is 6.81. The van der Waals surface area contributed by atoms with E-state index in [0.29, 0.717) is 34.3 Å². The summed E-state index contributed by atoms with van der Waals surface area (Å²) in [5.41, 5.74) is 2.06. The second-order valence-corrected chi connectivity index (χ2v) is 7.65. The van der Waals surface area contributed by atoms with E-state index < -0.39 is 0 Å². The molecule has 2 amide bonds. The van der Waals surface area contributed by atoms with Crippen LogP contribution in [0.15, 0.2) is 36.4 Å². The molecule has 0 aliphatic rings. The summed E-state index contributed by atoms with van der Waals surface area (Å²) in [5, 5.41) is 6.41. The van der Waals surface area contributed by atoms with E-state index in [9.17, 15) is 9.59 Å². The molecule has 0 saturated carbocycles. The van der Waals surface area contributed by atoms with Crippen LogP contribution in [0, 0.1) is 5.92 Å². The van der Waals surface area contributed by atoms with Gasteiger partial charge >= 0.3 is 0 Å². The lowest BCUT2D eigenvalue weighted by atomic mass is 10.1. The number of carbonyl (C=O) groups is 2. The summed E-state index contributed by atoms with van der Waals surface area (Å²) in [5.74, 6) is -0.220. The van der Waals surface area contributed by atoms with Gasteiger partial charge in [-0.1, -0.05) is 37.0 Å². The Labute approximate surface area is 169 Å². The Morgan fingerprint density at radius 3 is 2.30 bits per heavy atom. The first-order valence-electron chi connectivity index (χ1n) is 8.55. The van der Waals surface area contributed by atoms with Crippen LogP contribution in [0.1, 0.15) is 34.6 Å². The molecule has 2 rings (SSSR count). The van der Waals surface area contributed by atoms with Gasteiger partial charge in [-0.15, -0.1) is 0 Å². The van der Waals surface area contributed by atoms with Crippen LogP contribution in [0.25, 0.3) is 0 Å². The lowest BCUT2D eigenvalue weighted by Gasteiger charge is -2.19. The van der Waals surface area contributed by atoms with Crippen molar-refractivity contribution in [2.45, 2.75) is 13.8 Å². The molecular formula is C20H23Cl2N3O2. The van der Waals surface area contributed by atoms with Crippen LogP contribution >= 0.6 is 23.2 Å². The summed E-state index contributed by atoms with van der Waals surface area (Å²) in [6.07, 6.45) is 0. The maximum atomic E-state index is 12.6. The van der Waals surface area contributed by atoms with Gasteiger partial charge in [0, 0.05) is 37.0 Å². The zero-order valence-corrected chi connectivity index (χ0v) is 17.3. The number of halogens is 2. The maximum Gasteiger partial charge on any atom is 0.257 e. The van der Waals surface area contributed by atoms with Crippen molar-refractivity contribution in [3.63, 3.8) is 0 Å². The predicted octanol–water partition coefficient (Wildman–Crippen LogP) is 4.70. The highest BCUT2D eigenvalue weighted by Crippen LogP contribution is 2.25. The van der Waals surface area contributed by atoms with Crippen molar-refractivity contribution < 1.29 is 9.59 Å². The van der Waals surface area contributed by atoms with Crippen LogP contribution in [0.4, 0.5) is 11.4 Å². The lowest BCUT2D eigenvalue weighted by molar-refractivity contribution is 0.0948. The van der Waals surface area contributed by atoms with Gasteiger partial charge in [0.15, 0.2) is 0 Å². The van der Waals surface area contributed by atoms with E-state index >= 15 is 0 Å². The normalized spacial score (nSPS) is 10.6. The van der Waals surface area contributed by atoms with Gasteiger partial charge < -0.3 is 15.5 Å². The molecule has 0 fully saturated rings. The highest BCUT2D eigenvalue weighted by Gasteiger charge is 2.16. The van der Waals surface area contributed by atoms with Crippen molar-refractivity contribution in [1.82, 2.24) is 5.32 Å². The number of nitrogens with zero attached hydrogens (tertiary/aromatic N) is 1. The minimum absolute atomic E-state index is 0.187. The van der Waals surface area contributed by atoms with Crippen LogP contribution in [0.2, 0.25) is 10.0 Å². The molecule has 27 heavy (non-hydrogen) atoms. The third-order valence-corrected chi connectivity index (χ3v) is 4.38. The van der Waals surface area contributed by atoms with Gasteiger partial charge in [0.2, 0.25) is 0 Å². The first-order valence-corrected chi connectivity index (χ1v) is 9.30. The van der Waals surface area contributed by atoms with E-state index in [1.165, 1.54) is 6.07 Å². The average molecular weight is 408 g/mol. The number of hydrogen-bond acceptors (Lipinski definition) is 3. The molecule has 0 atom stereocenters. The Kier molecular flexibility index (Phi) is 7.11. The van der Waals surface area contributed by atoms with Crippen molar-refractivity contribution in [3.05, 3.63) is 57.6 Å². The van der Waals surface area contributed by atoms with Crippen molar-refractivity contribution in [2.75, 3.05) is 30.9 Å². The molecule has 0 aromatic heterocycles. The molecule has 0 aliphatic carbocycles. The summed E-state index contributed by atoms with van der Waals surface area (Å²) in [6, 6.07) is 9.87. The Balaban J connectivity index is 2.28. The van der Waals surface area contributed by atoms with Crippen molar-refractivity contribution in [1.29, 1.82) is 0 Å². The second kappa shape index (κ2) is 9.11. The first kappa shape index (κ1) is 21.1. The fourth-order valence-electron chi connectivity index (χ4n) is 2.45. The number of nitrogens with one attached hydrogen (secondary N) is 2. The van der Waals surface area contributed by atoms with E-state index in [-0.39, 0.29) is 16.8 Å². The van der Waals surface area contributed by atoms with E-state index in [1.54, 1.807) is 30.3 Å². The fraction of sp³-hybridized carbons (Fsp3) is 0.300. The van der Waals surface area contributed by atoms with E-state index in [2.05, 4.69) is 10.6 Å². The van der Waals surface area contributed by atoms with Crippen LogP contribution in [0.5, 0.6) is 0 Å². The van der Waals surface area contributed by atoms with Gasteiger partial charge in [-0.05, 0) is 42.3 Å². The standard InChI is InChI=1S/C20H23Cl2N3O2/c1-12(2)11-23-19(26)16-10-14(6-8-18(16)25(3)4)24-20(27)15-7-5-13(21)9-17(15)22/h5-10,12H,11H2,1-4H3,(H,23,26)(H,24,27). The Morgan fingerprint density at radius 2 is 1.70 bits per heavy atom. The molecule has 0 spiro atoms. The van der Waals surface area contributed by atoms with Crippen LogP contribution in [0.3, 0.4) is 0 Å². The van der Waals surface area contributed by atoms with Crippen molar-refractivity contribution in [3.8, 4) is 0 Å². The largest absolute Gasteiger partial charge is 0.377 e. The molecule has 0 radical (unpaired) electrons. The van der Waals surface area contributed by atoms with Gasteiger partial charge in [-0.2, -0.15) is 0 Å². The average Bonchev–Trinajstić information content (AvgIpc) is 2.59. The van der Waals surface area contributed by atoms with Gasteiger partial charge in [0.1, 0.15) is 0 Å². The van der Waals surface area contributed by atoms with Crippen LogP contribution in [-0.4, -0.2) is 32.5 Å². The molecule has 0 saturated heterocycles. The molecule has 5 nitrogen and oxygen atoms in total. The number of carbonyl (C=O) groups excluding carboxylic acids is 2. The number of anilines is 2. The van der Waals surface area contributed by atoms with Gasteiger partial charge in [0.05, 0.1) is 16.1 Å². The number of hydrogen-bond donors (Lipinski definition) is 2. The molecule has 7 heteroatoms. The molecule has 0 unspecified atom stereocenters. The SMILES string of the molecule is CC(C)CNC(=O)c1cc(NC(=O)c2ccc(Cl)cc2Cl)ccc1N(C)C. The predicted molar refractivity (Wildman–Crippen MR) is 112 cm³/mol. The zero-order chi connectivity index (χ0) is 20.1. The fourth-order valence-corrected chi connectivity index (χ4v) is 2.94. The number of amides is 2. The minimum Gasteiger partial charge on any atom is -0.377 e. The van der Waals surface area contributed by atoms with Crippen LogP contribution < -0.4 is 15.5 Å². The third kappa shape index (κ3) is 5.62. The smallest absolute Gasteiger partial charge is 0.257 e. The summed E-state index contributed by atoms with van der Waals surface area (Å²) in [7, 11) is 3.72. The highest BCUT2D eigenvalue weighted by molar-refractivity contribution is 6.37. The first-order chi connectivity index (χ1) is 12.7. The summed E-state index contributed by atoms with van der Waals surface area (Å²) in [6.45, 7) is 4.63. The van der Waals surface area contributed by atoms with E-state index in [0.717, 1.165) is 5.69 Å². The molecule has 0 heterocycles. The van der Waals surface area contributed by atoms with Gasteiger partial charge in [0.25, 0.3) is 11.8 Å². The summed E-state index contributed by atoms with van der Waals surface area (Å²) < 4.78 is 0. The molecular weight excluding hydrogens is 385 g/mol. The number of benzene rings is 2. The number of rotatable bonds is 6. The lowest BCUT2D eigenvalue weighted by Crippen LogP contribution is -2.29. The van der Waals surface area contributed by atoms with E-state index in [4.69, 9.17) is 23.2 Å². The molecule has 2 aromatic rings. The Hall–Kier alpha value is -2.24. The summed E-state index contributed by atoms with van der Waals surface area (Å²) in [4.78, 5) is 27.0. The summed E-state index contributed by atoms with van der Waals surface area (Å²) >= 11 is 12.0. The van der Waals surface area contributed by atoms with Gasteiger partial charge in [-0.3, -0.25) is 9.59 Å². The third-order valence-electron chi connectivity index (χ3n) is 3.83. The molecule has 0 aliphatic heterocycles. The van der Waals surface area contributed by atoms with E-state index in [1.807, 2.05) is 32.8 Å². The topological polar surface area (TPSA) is 61.4 Å². The molecule has 2 N–H and O–H groups in total.